The number of anilines is 1. The smallest absolute Gasteiger partial charge is 0.194 e. The van der Waals surface area contributed by atoms with Crippen molar-refractivity contribution in [1.82, 2.24) is 10.2 Å². The molecule has 0 aromatic heterocycles. The van der Waals surface area contributed by atoms with Gasteiger partial charge in [0.2, 0.25) is 0 Å². The van der Waals surface area contributed by atoms with E-state index in [2.05, 4.69) is 17.1 Å². The van der Waals surface area contributed by atoms with E-state index in [9.17, 15) is 4.39 Å². The van der Waals surface area contributed by atoms with Crippen LogP contribution in [0.4, 0.5) is 10.1 Å². The van der Waals surface area contributed by atoms with Crippen LogP contribution in [0.5, 0.6) is 0 Å². The van der Waals surface area contributed by atoms with Crippen LogP contribution >= 0.6 is 24.0 Å². The van der Waals surface area contributed by atoms with Crippen molar-refractivity contribution in [2.75, 3.05) is 50.8 Å². The first-order valence-corrected chi connectivity index (χ1v) is 11.9. The minimum Gasteiger partial charge on any atom is -0.376 e. The number of benzene rings is 1. The molecule has 6 nitrogen and oxygen atoms in total. The number of piperidine rings is 1. The van der Waals surface area contributed by atoms with Crippen molar-refractivity contribution in [3.8, 4) is 0 Å². The highest BCUT2D eigenvalue weighted by molar-refractivity contribution is 14.0. The zero-order valence-electron chi connectivity index (χ0n) is 19.8. The molecule has 32 heavy (non-hydrogen) atoms. The van der Waals surface area contributed by atoms with Crippen molar-refractivity contribution in [2.45, 2.75) is 65.2 Å². The van der Waals surface area contributed by atoms with Crippen LogP contribution in [0.25, 0.3) is 0 Å². The third-order valence-electron chi connectivity index (χ3n) is 6.15. The van der Waals surface area contributed by atoms with Gasteiger partial charge in [-0.1, -0.05) is 6.07 Å². The lowest BCUT2D eigenvalue weighted by molar-refractivity contribution is -0.0367. The Hall–Kier alpha value is -1.13. The van der Waals surface area contributed by atoms with Crippen LogP contribution in [0.3, 0.4) is 0 Å². The van der Waals surface area contributed by atoms with Gasteiger partial charge in [-0.2, -0.15) is 0 Å². The zero-order chi connectivity index (χ0) is 22.1. The molecule has 0 aliphatic carbocycles. The molecule has 0 bridgehead atoms. The van der Waals surface area contributed by atoms with Crippen molar-refractivity contribution in [3.63, 3.8) is 0 Å². The Balaban J connectivity index is 0.00000363. The zero-order valence-corrected chi connectivity index (χ0v) is 22.1. The predicted octanol–water partition coefficient (Wildman–Crippen LogP) is 4.42. The Morgan fingerprint density at radius 2 is 1.97 bits per heavy atom. The molecule has 1 aromatic carbocycles. The van der Waals surface area contributed by atoms with E-state index in [4.69, 9.17) is 14.5 Å². The molecule has 8 heteroatoms. The summed E-state index contributed by atoms with van der Waals surface area (Å²) in [6, 6.07) is 5.47. The molecule has 182 valence electrons. The van der Waals surface area contributed by atoms with Crippen molar-refractivity contribution in [2.24, 2.45) is 4.99 Å². The summed E-state index contributed by atoms with van der Waals surface area (Å²) in [6.07, 6.45) is 4.83. The molecule has 0 radical (unpaired) electrons. The first-order valence-electron chi connectivity index (χ1n) is 11.9. The van der Waals surface area contributed by atoms with Crippen LogP contribution in [0.15, 0.2) is 23.2 Å². The van der Waals surface area contributed by atoms with Crippen molar-refractivity contribution in [3.05, 3.63) is 29.6 Å². The summed E-state index contributed by atoms with van der Waals surface area (Å²) in [4.78, 5) is 9.10. The Morgan fingerprint density at radius 3 is 2.56 bits per heavy atom. The van der Waals surface area contributed by atoms with Crippen LogP contribution in [0.2, 0.25) is 0 Å². The predicted molar refractivity (Wildman–Crippen MR) is 140 cm³/mol. The van der Waals surface area contributed by atoms with Gasteiger partial charge < -0.3 is 24.6 Å². The molecule has 1 atom stereocenters. The van der Waals surface area contributed by atoms with Crippen LogP contribution in [-0.2, 0) is 16.0 Å². The number of ether oxygens (including phenoxy) is 2. The second-order valence-electron chi connectivity index (χ2n) is 8.28. The van der Waals surface area contributed by atoms with E-state index in [1.807, 2.05) is 30.9 Å². The third kappa shape index (κ3) is 7.73. The summed E-state index contributed by atoms with van der Waals surface area (Å²) in [5.41, 5.74) is 1.55. The molecule has 2 fully saturated rings. The molecule has 2 heterocycles. The minimum atomic E-state index is -0.175. The highest BCUT2D eigenvalue weighted by Gasteiger charge is 2.24. The number of hydrogen-bond acceptors (Lipinski definition) is 4. The van der Waals surface area contributed by atoms with E-state index >= 15 is 0 Å². The molecular formula is C24H40FIN4O2. The SMILES string of the molecule is CCNC(=NCc1ccc(N(CC)CC)c(F)c1)N1CCC(OCC2CCCO2)CC1.I. The average Bonchev–Trinajstić information content (AvgIpc) is 3.31. The second kappa shape index (κ2) is 14.2. The quantitative estimate of drug-likeness (QED) is 0.275. The van der Waals surface area contributed by atoms with Crippen molar-refractivity contribution in [1.29, 1.82) is 0 Å². The van der Waals surface area contributed by atoms with Gasteiger partial charge in [-0.15, -0.1) is 24.0 Å². The van der Waals surface area contributed by atoms with Crippen LogP contribution in [-0.4, -0.2) is 69.0 Å². The Morgan fingerprint density at radius 1 is 1.22 bits per heavy atom. The maximum absolute atomic E-state index is 14.6. The van der Waals surface area contributed by atoms with Gasteiger partial charge in [0.05, 0.1) is 31.0 Å². The van der Waals surface area contributed by atoms with E-state index in [0.29, 0.717) is 24.9 Å². The summed E-state index contributed by atoms with van der Waals surface area (Å²) in [6.45, 7) is 12.4. The Kier molecular flexibility index (Phi) is 12.0. The molecular weight excluding hydrogens is 522 g/mol. The summed E-state index contributed by atoms with van der Waals surface area (Å²) in [5.74, 6) is 0.721. The van der Waals surface area contributed by atoms with Crippen LogP contribution in [0, 0.1) is 5.82 Å². The fraction of sp³-hybridized carbons (Fsp3) is 0.708. The third-order valence-corrected chi connectivity index (χ3v) is 6.15. The van der Waals surface area contributed by atoms with Gasteiger partial charge in [0.25, 0.3) is 0 Å². The number of nitrogens with one attached hydrogen (secondary N) is 1. The monoisotopic (exact) mass is 562 g/mol. The first-order chi connectivity index (χ1) is 15.1. The Labute approximate surface area is 209 Å². The highest BCUT2D eigenvalue weighted by atomic mass is 127. The van der Waals surface area contributed by atoms with E-state index < -0.39 is 0 Å². The Bertz CT molecular complexity index is 703. The van der Waals surface area contributed by atoms with Gasteiger partial charge in [0.1, 0.15) is 5.82 Å². The van der Waals surface area contributed by atoms with Crippen molar-refractivity contribution < 1.29 is 13.9 Å². The molecule has 2 aliphatic heterocycles. The fourth-order valence-corrected chi connectivity index (χ4v) is 4.31. The largest absolute Gasteiger partial charge is 0.376 e. The number of aliphatic imine (C=N–C) groups is 1. The van der Waals surface area contributed by atoms with Gasteiger partial charge in [-0.25, -0.2) is 9.38 Å². The summed E-state index contributed by atoms with van der Waals surface area (Å²) >= 11 is 0. The molecule has 0 saturated carbocycles. The molecule has 0 spiro atoms. The van der Waals surface area contributed by atoms with Gasteiger partial charge in [0.15, 0.2) is 5.96 Å². The topological polar surface area (TPSA) is 49.3 Å². The normalized spacial score (nSPS) is 19.7. The second-order valence-corrected chi connectivity index (χ2v) is 8.28. The maximum atomic E-state index is 14.6. The minimum absolute atomic E-state index is 0. The number of rotatable bonds is 9. The lowest BCUT2D eigenvalue weighted by atomic mass is 10.1. The number of likely N-dealkylation sites (tertiary alicyclic amines) is 1. The first kappa shape index (κ1) is 27.1. The number of hydrogen-bond donors (Lipinski definition) is 1. The fourth-order valence-electron chi connectivity index (χ4n) is 4.31. The lowest BCUT2D eigenvalue weighted by Crippen LogP contribution is -2.47. The van der Waals surface area contributed by atoms with Gasteiger partial charge in [-0.3, -0.25) is 0 Å². The summed E-state index contributed by atoms with van der Waals surface area (Å²) in [5, 5.41) is 3.39. The molecule has 3 rings (SSSR count). The van der Waals surface area contributed by atoms with Crippen LogP contribution < -0.4 is 10.2 Å². The van der Waals surface area contributed by atoms with E-state index in [1.54, 1.807) is 6.07 Å². The average molecular weight is 563 g/mol. The maximum Gasteiger partial charge on any atom is 0.194 e. The van der Waals surface area contributed by atoms with Gasteiger partial charge in [-0.05, 0) is 64.2 Å². The molecule has 1 aromatic rings. The van der Waals surface area contributed by atoms with E-state index in [-0.39, 0.29) is 35.9 Å². The molecule has 2 saturated heterocycles. The lowest BCUT2D eigenvalue weighted by Gasteiger charge is -2.34. The van der Waals surface area contributed by atoms with Crippen molar-refractivity contribution >= 4 is 35.6 Å². The number of nitrogens with zero attached hydrogens (tertiary/aromatic N) is 3. The van der Waals surface area contributed by atoms with E-state index in [1.165, 1.54) is 0 Å². The van der Waals surface area contributed by atoms with Gasteiger partial charge in [0, 0.05) is 39.3 Å². The summed E-state index contributed by atoms with van der Waals surface area (Å²) < 4.78 is 26.3. The molecule has 2 aliphatic rings. The van der Waals surface area contributed by atoms with E-state index in [0.717, 1.165) is 76.5 Å². The van der Waals surface area contributed by atoms with Crippen LogP contribution in [0.1, 0.15) is 52.0 Å². The number of halogens is 2. The summed E-state index contributed by atoms with van der Waals surface area (Å²) in [7, 11) is 0. The highest BCUT2D eigenvalue weighted by Crippen LogP contribution is 2.21. The molecule has 0 amide bonds. The molecule has 1 unspecified atom stereocenters. The molecule has 1 N–H and O–H groups in total. The standard InChI is InChI=1S/C24H39FN4O2.HI/c1-4-26-24(27-17-19-9-10-23(22(25)16-19)28(5-2)6-3)29-13-11-20(12-14-29)31-18-21-8-7-15-30-21;/h9-10,16,20-21H,4-8,11-15,17-18H2,1-3H3,(H,26,27);1H. The number of guanidine groups is 1. The van der Waals surface area contributed by atoms with Gasteiger partial charge >= 0.3 is 0 Å².